The molecule has 1 saturated carbocycles. The fraction of sp³-hybridized carbons (Fsp3) is 0.556. The zero-order chi connectivity index (χ0) is 18.4. The number of amides is 2. The predicted octanol–water partition coefficient (Wildman–Crippen LogP) is 3.70. The maximum atomic E-state index is 12.8. The Morgan fingerprint density at radius 1 is 1.16 bits per heavy atom. The molecule has 2 rings (SSSR count). The van der Waals surface area contributed by atoms with Gasteiger partial charge in [-0.05, 0) is 51.0 Å². The van der Waals surface area contributed by atoms with Gasteiger partial charge in [-0.3, -0.25) is 9.59 Å². The SMILES string of the molecule is CC(C)NC(=O)CC1(C(=O)Nc2ccc(OC(F)F)cc2)CCCC1. The van der Waals surface area contributed by atoms with Gasteiger partial charge in [-0.1, -0.05) is 12.8 Å². The van der Waals surface area contributed by atoms with Gasteiger partial charge in [0.2, 0.25) is 11.8 Å². The first-order chi connectivity index (χ1) is 11.8. The van der Waals surface area contributed by atoms with E-state index in [1.165, 1.54) is 24.3 Å². The van der Waals surface area contributed by atoms with Crippen LogP contribution >= 0.6 is 0 Å². The number of hydrogen-bond acceptors (Lipinski definition) is 3. The number of anilines is 1. The molecule has 1 aliphatic carbocycles. The van der Waals surface area contributed by atoms with Gasteiger partial charge in [0.1, 0.15) is 5.75 Å². The summed E-state index contributed by atoms with van der Waals surface area (Å²) < 4.78 is 28.6. The molecule has 0 aliphatic heterocycles. The van der Waals surface area contributed by atoms with Gasteiger partial charge >= 0.3 is 6.61 Å². The van der Waals surface area contributed by atoms with E-state index in [0.717, 1.165) is 12.8 Å². The summed E-state index contributed by atoms with van der Waals surface area (Å²) in [6.45, 7) is 0.867. The lowest BCUT2D eigenvalue weighted by Crippen LogP contribution is -2.40. The van der Waals surface area contributed by atoms with E-state index in [9.17, 15) is 18.4 Å². The Kier molecular flexibility index (Phi) is 6.33. The van der Waals surface area contributed by atoms with Crippen molar-refractivity contribution in [3.63, 3.8) is 0 Å². The molecule has 1 aromatic rings. The second-order valence-corrected chi connectivity index (χ2v) is 6.74. The van der Waals surface area contributed by atoms with Crippen molar-refractivity contribution >= 4 is 17.5 Å². The number of hydrogen-bond donors (Lipinski definition) is 2. The van der Waals surface area contributed by atoms with Gasteiger partial charge in [0, 0.05) is 18.2 Å². The van der Waals surface area contributed by atoms with Gasteiger partial charge < -0.3 is 15.4 Å². The second-order valence-electron chi connectivity index (χ2n) is 6.74. The normalized spacial score (nSPS) is 16.1. The Labute approximate surface area is 146 Å². The summed E-state index contributed by atoms with van der Waals surface area (Å²) in [7, 11) is 0. The lowest BCUT2D eigenvalue weighted by molar-refractivity contribution is -0.132. The van der Waals surface area contributed by atoms with Gasteiger partial charge in [0.15, 0.2) is 0 Å². The first kappa shape index (κ1) is 19.1. The lowest BCUT2D eigenvalue weighted by Gasteiger charge is -2.27. The summed E-state index contributed by atoms with van der Waals surface area (Å²) in [6.07, 6.45) is 3.30. The van der Waals surface area contributed by atoms with Crippen LogP contribution in [0, 0.1) is 5.41 Å². The highest BCUT2D eigenvalue weighted by molar-refractivity contribution is 5.98. The van der Waals surface area contributed by atoms with Crippen LogP contribution in [0.4, 0.5) is 14.5 Å². The molecule has 0 atom stereocenters. The van der Waals surface area contributed by atoms with Crippen LogP contribution in [0.2, 0.25) is 0 Å². The zero-order valence-corrected chi connectivity index (χ0v) is 14.5. The number of carbonyl (C=O) groups excluding carboxylic acids is 2. The van der Waals surface area contributed by atoms with Crippen LogP contribution in [0.15, 0.2) is 24.3 Å². The number of halogens is 2. The fourth-order valence-electron chi connectivity index (χ4n) is 3.20. The summed E-state index contributed by atoms with van der Waals surface area (Å²) in [5.41, 5.74) is -0.223. The Morgan fingerprint density at radius 3 is 2.28 bits per heavy atom. The standard InChI is InChI=1S/C18H24F2N2O3/c1-12(2)21-15(23)11-18(9-3-4-10-18)16(24)22-13-5-7-14(8-6-13)25-17(19)20/h5-8,12,17H,3-4,9-11H2,1-2H3,(H,21,23)(H,22,24). The molecule has 0 bridgehead atoms. The maximum absolute atomic E-state index is 12.8. The van der Waals surface area contributed by atoms with Crippen LogP contribution in [0.25, 0.3) is 0 Å². The molecule has 1 fully saturated rings. The highest BCUT2D eigenvalue weighted by Gasteiger charge is 2.42. The molecular weight excluding hydrogens is 330 g/mol. The van der Waals surface area contributed by atoms with Gasteiger partial charge in [-0.2, -0.15) is 8.78 Å². The van der Waals surface area contributed by atoms with Crippen molar-refractivity contribution in [1.82, 2.24) is 5.32 Å². The first-order valence-corrected chi connectivity index (χ1v) is 8.46. The van der Waals surface area contributed by atoms with E-state index in [1.807, 2.05) is 13.8 Å². The summed E-state index contributed by atoms with van der Waals surface area (Å²) in [5.74, 6) is -0.306. The molecule has 1 aromatic carbocycles. The third kappa shape index (κ3) is 5.41. The topological polar surface area (TPSA) is 67.4 Å². The summed E-state index contributed by atoms with van der Waals surface area (Å²) in [4.78, 5) is 24.9. The molecule has 1 aliphatic rings. The van der Waals surface area contributed by atoms with Crippen molar-refractivity contribution in [3.8, 4) is 5.75 Å². The van der Waals surface area contributed by atoms with Crippen molar-refractivity contribution in [1.29, 1.82) is 0 Å². The molecule has 5 nitrogen and oxygen atoms in total. The van der Waals surface area contributed by atoms with Crippen LogP contribution < -0.4 is 15.4 Å². The van der Waals surface area contributed by atoms with Gasteiger partial charge in [-0.25, -0.2) is 0 Å². The van der Waals surface area contributed by atoms with Crippen LogP contribution in [0.3, 0.4) is 0 Å². The van der Waals surface area contributed by atoms with Gasteiger partial charge in [-0.15, -0.1) is 0 Å². The summed E-state index contributed by atoms with van der Waals surface area (Å²) in [5, 5.41) is 5.63. The van der Waals surface area contributed by atoms with Crippen molar-refractivity contribution in [2.45, 2.75) is 58.6 Å². The third-order valence-electron chi connectivity index (χ3n) is 4.33. The zero-order valence-electron chi connectivity index (χ0n) is 14.5. The van der Waals surface area contributed by atoms with E-state index in [4.69, 9.17) is 0 Å². The monoisotopic (exact) mass is 354 g/mol. The number of rotatable bonds is 7. The molecule has 2 N–H and O–H groups in total. The molecule has 0 radical (unpaired) electrons. The van der Waals surface area contributed by atoms with Gasteiger partial charge in [0.25, 0.3) is 0 Å². The van der Waals surface area contributed by atoms with Crippen LogP contribution in [0.1, 0.15) is 46.0 Å². The molecule has 138 valence electrons. The summed E-state index contributed by atoms with van der Waals surface area (Å²) in [6, 6.07) is 5.78. The molecule has 0 unspecified atom stereocenters. The Morgan fingerprint density at radius 2 is 1.76 bits per heavy atom. The number of ether oxygens (including phenoxy) is 1. The Hall–Kier alpha value is -2.18. The maximum Gasteiger partial charge on any atom is 0.387 e. The molecular formula is C18H24F2N2O3. The molecule has 0 spiro atoms. The highest BCUT2D eigenvalue weighted by Crippen LogP contribution is 2.42. The molecule has 0 heterocycles. The minimum Gasteiger partial charge on any atom is -0.435 e. The van der Waals surface area contributed by atoms with E-state index in [2.05, 4.69) is 15.4 Å². The van der Waals surface area contributed by atoms with E-state index < -0.39 is 12.0 Å². The van der Waals surface area contributed by atoms with Crippen LogP contribution in [0.5, 0.6) is 5.75 Å². The summed E-state index contributed by atoms with van der Waals surface area (Å²) >= 11 is 0. The molecule has 25 heavy (non-hydrogen) atoms. The highest BCUT2D eigenvalue weighted by atomic mass is 19.3. The van der Waals surface area contributed by atoms with Crippen molar-refractivity contribution in [3.05, 3.63) is 24.3 Å². The van der Waals surface area contributed by atoms with E-state index in [1.54, 1.807) is 0 Å². The van der Waals surface area contributed by atoms with Crippen molar-refractivity contribution in [2.75, 3.05) is 5.32 Å². The van der Waals surface area contributed by atoms with Crippen LogP contribution in [-0.4, -0.2) is 24.5 Å². The quantitative estimate of drug-likeness (QED) is 0.784. The Bertz CT molecular complexity index is 597. The number of alkyl halides is 2. The number of carbonyl (C=O) groups is 2. The second kappa shape index (κ2) is 8.27. The average molecular weight is 354 g/mol. The van der Waals surface area contributed by atoms with E-state index in [0.29, 0.717) is 18.5 Å². The molecule has 2 amide bonds. The van der Waals surface area contributed by atoms with Gasteiger partial charge in [0.05, 0.1) is 5.41 Å². The largest absolute Gasteiger partial charge is 0.435 e. The van der Waals surface area contributed by atoms with Crippen molar-refractivity contribution in [2.24, 2.45) is 5.41 Å². The number of nitrogens with one attached hydrogen (secondary N) is 2. The first-order valence-electron chi connectivity index (χ1n) is 8.46. The molecule has 0 aromatic heterocycles. The predicted molar refractivity (Wildman–Crippen MR) is 90.5 cm³/mol. The molecule has 7 heteroatoms. The smallest absolute Gasteiger partial charge is 0.387 e. The van der Waals surface area contributed by atoms with Crippen LogP contribution in [-0.2, 0) is 9.59 Å². The fourth-order valence-corrected chi connectivity index (χ4v) is 3.20. The minimum absolute atomic E-state index is 0.0244. The average Bonchev–Trinajstić information content (AvgIpc) is 2.97. The van der Waals surface area contributed by atoms with E-state index in [-0.39, 0.29) is 30.0 Å². The Balaban J connectivity index is 2.04. The minimum atomic E-state index is -2.89. The third-order valence-corrected chi connectivity index (χ3v) is 4.33. The lowest BCUT2D eigenvalue weighted by atomic mass is 9.81. The van der Waals surface area contributed by atoms with Crippen molar-refractivity contribution < 1.29 is 23.1 Å². The number of benzene rings is 1. The van der Waals surface area contributed by atoms with E-state index >= 15 is 0 Å². The molecule has 0 saturated heterocycles.